The lowest BCUT2D eigenvalue weighted by Gasteiger charge is -2.26. The van der Waals surface area contributed by atoms with E-state index in [0.717, 1.165) is 42.3 Å². The first-order chi connectivity index (χ1) is 10.7. The molecule has 3 rings (SSSR count). The van der Waals surface area contributed by atoms with Crippen LogP contribution in [-0.2, 0) is 0 Å². The molecule has 5 heteroatoms. The predicted molar refractivity (Wildman–Crippen MR) is 84.0 cm³/mol. The highest BCUT2D eigenvalue weighted by Crippen LogP contribution is 2.21. The quantitative estimate of drug-likeness (QED) is 0.912. The molecule has 0 atom stereocenters. The normalized spacial score (nSPS) is 21.5. The molecule has 5 nitrogen and oxygen atoms in total. The van der Waals surface area contributed by atoms with Gasteiger partial charge in [-0.05, 0) is 49.9 Å². The molecule has 1 aliphatic carbocycles. The highest BCUT2D eigenvalue weighted by Gasteiger charge is 2.21. The Morgan fingerprint density at radius 3 is 2.73 bits per heavy atom. The molecule has 116 valence electrons. The largest absolute Gasteiger partial charge is 0.497 e. The van der Waals surface area contributed by atoms with Crippen LogP contribution in [0.3, 0.4) is 0 Å². The van der Waals surface area contributed by atoms with Gasteiger partial charge in [0.15, 0.2) is 0 Å². The van der Waals surface area contributed by atoms with Crippen molar-refractivity contribution < 1.29 is 14.6 Å². The maximum atomic E-state index is 12.3. The molecule has 1 aliphatic rings. The molecule has 1 heterocycles. The first-order valence-corrected chi connectivity index (χ1v) is 7.59. The minimum atomic E-state index is -0.220. The van der Waals surface area contributed by atoms with Crippen molar-refractivity contribution in [1.29, 1.82) is 0 Å². The van der Waals surface area contributed by atoms with E-state index in [0.29, 0.717) is 5.69 Å². The highest BCUT2D eigenvalue weighted by molar-refractivity contribution is 5.95. The van der Waals surface area contributed by atoms with E-state index in [-0.39, 0.29) is 18.1 Å². The van der Waals surface area contributed by atoms with Gasteiger partial charge in [0, 0.05) is 11.4 Å². The fourth-order valence-corrected chi connectivity index (χ4v) is 2.84. The summed E-state index contributed by atoms with van der Waals surface area (Å²) in [6, 6.07) is 9.32. The first kappa shape index (κ1) is 14.8. The van der Waals surface area contributed by atoms with Gasteiger partial charge in [0.1, 0.15) is 11.4 Å². The Kier molecular flexibility index (Phi) is 4.24. The van der Waals surface area contributed by atoms with Crippen molar-refractivity contribution in [3.8, 4) is 5.75 Å². The molecule has 22 heavy (non-hydrogen) atoms. The molecule has 0 aliphatic heterocycles. The summed E-state index contributed by atoms with van der Waals surface area (Å²) in [6.07, 6.45) is 2.91. The zero-order chi connectivity index (χ0) is 15.5. The number of carbonyl (C=O) groups excluding carboxylic acids is 1. The maximum absolute atomic E-state index is 12.3. The van der Waals surface area contributed by atoms with E-state index >= 15 is 0 Å². The lowest BCUT2D eigenvalue weighted by Crippen LogP contribution is -2.38. The Hall–Kier alpha value is -2.14. The number of aromatic nitrogens is 1. The fourth-order valence-electron chi connectivity index (χ4n) is 2.84. The summed E-state index contributed by atoms with van der Waals surface area (Å²) in [5.41, 5.74) is 1.19. The third-order valence-corrected chi connectivity index (χ3v) is 4.16. The van der Waals surface area contributed by atoms with Crippen LogP contribution in [0.5, 0.6) is 5.75 Å². The average molecular weight is 300 g/mol. The minimum Gasteiger partial charge on any atom is -0.497 e. The van der Waals surface area contributed by atoms with Crippen molar-refractivity contribution in [3.05, 3.63) is 36.0 Å². The molecule has 1 fully saturated rings. The Morgan fingerprint density at radius 1 is 1.23 bits per heavy atom. The third-order valence-electron chi connectivity index (χ3n) is 4.16. The van der Waals surface area contributed by atoms with Gasteiger partial charge in [-0.25, -0.2) is 4.98 Å². The van der Waals surface area contributed by atoms with Crippen molar-refractivity contribution in [2.24, 2.45) is 0 Å². The number of hydrogen-bond donors (Lipinski definition) is 2. The molecular weight excluding hydrogens is 280 g/mol. The van der Waals surface area contributed by atoms with Crippen LogP contribution in [0, 0.1) is 0 Å². The van der Waals surface area contributed by atoms with Crippen LogP contribution in [0.1, 0.15) is 36.2 Å². The second-order valence-electron chi connectivity index (χ2n) is 5.73. The number of carbonyl (C=O) groups is 1. The van der Waals surface area contributed by atoms with Crippen LogP contribution in [0.2, 0.25) is 0 Å². The maximum Gasteiger partial charge on any atom is 0.270 e. The first-order valence-electron chi connectivity index (χ1n) is 7.59. The lowest BCUT2D eigenvalue weighted by molar-refractivity contribution is 0.0863. The molecule has 0 bridgehead atoms. The molecule has 0 radical (unpaired) electrons. The number of benzene rings is 1. The number of hydrogen-bond acceptors (Lipinski definition) is 4. The molecular formula is C17H20N2O3. The van der Waals surface area contributed by atoms with Crippen LogP contribution in [0.4, 0.5) is 0 Å². The minimum absolute atomic E-state index is 0.129. The molecule has 0 saturated heterocycles. The van der Waals surface area contributed by atoms with Crippen LogP contribution in [-0.4, -0.2) is 35.3 Å². The Balaban J connectivity index is 1.73. The van der Waals surface area contributed by atoms with Crippen LogP contribution in [0.25, 0.3) is 10.9 Å². The van der Waals surface area contributed by atoms with Crippen molar-refractivity contribution in [2.75, 3.05) is 7.11 Å². The number of pyridine rings is 1. The van der Waals surface area contributed by atoms with E-state index in [1.54, 1.807) is 13.2 Å². The number of methoxy groups -OCH3 is 1. The van der Waals surface area contributed by atoms with E-state index in [1.807, 2.05) is 24.3 Å². The summed E-state index contributed by atoms with van der Waals surface area (Å²) in [5.74, 6) is 0.617. The van der Waals surface area contributed by atoms with E-state index in [9.17, 15) is 9.90 Å². The van der Waals surface area contributed by atoms with Gasteiger partial charge < -0.3 is 15.2 Å². The van der Waals surface area contributed by atoms with Crippen molar-refractivity contribution >= 4 is 16.8 Å². The smallest absolute Gasteiger partial charge is 0.270 e. The monoisotopic (exact) mass is 300 g/mol. The van der Waals surface area contributed by atoms with Crippen molar-refractivity contribution in [2.45, 2.75) is 37.8 Å². The number of rotatable bonds is 3. The average Bonchev–Trinajstić information content (AvgIpc) is 2.56. The molecule has 1 aromatic carbocycles. The number of aliphatic hydroxyl groups is 1. The fraction of sp³-hybridized carbons (Fsp3) is 0.412. The summed E-state index contributed by atoms with van der Waals surface area (Å²) in [5, 5.41) is 13.5. The molecule has 2 N–H and O–H groups in total. The van der Waals surface area contributed by atoms with Crippen LogP contribution >= 0.6 is 0 Å². The lowest BCUT2D eigenvalue weighted by atomic mass is 9.93. The van der Waals surface area contributed by atoms with E-state index in [4.69, 9.17) is 4.74 Å². The Bertz CT molecular complexity index is 679. The number of fused-ring (bicyclic) bond motifs is 1. The van der Waals surface area contributed by atoms with E-state index in [1.165, 1.54) is 0 Å². The molecule has 2 aromatic rings. The van der Waals surface area contributed by atoms with Crippen LogP contribution < -0.4 is 10.1 Å². The molecule has 0 spiro atoms. The number of nitrogens with one attached hydrogen (secondary N) is 1. The van der Waals surface area contributed by atoms with Gasteiger partial charge in [0.25, 0.3) is 5.91 Å². The summed E-state index contributed by atoms with van der Waals surface area (Å²) >= 11 is 0. The molecule has 1 aromatic heterocycles. The summed E-state index contributed by atoms with van der Waals surface area (Å²) < 4.78 is 5.18. The van der Waals surface area contributed by atoms with Gasteiger partial charge in [0.2, 0.25) is 0 Å². The Morgan fingerprint density at radius 2 is 2.00 bits per heavy atom. The number of nitrogens with zero attached hydrogens (tertiary/aromatic N) is 1. The van der Waals surface area contributed by atoms with Gasteiger partial charge in [-0.2, -0.15) is 0 Å². The van der Waals surface area contributed by atoms with E-state index in [2.05, 4.69) is 10.3 Å². The highest BCUT2D eigenvalue weighted by atomic mass is 16.5. The SMILES string of the molecule is COc1ccc2nc(C(=O)NC3CCC(O)CC3)ccc2c1. The van der Waals surface area contributed by atoms with Gasteiger partial charge in [-0.3, -0.25) is 4.79 Å². The topological polar surface area (TPSA) is 71.5 Å². The van der Waals surface area contributed by atoms with E-state index < -0.39 is 0 Å². The number of ether oxygens (including phenoxy) is 1. The second-order valence-corrected chi connectivity index (χ2v) is 5.73. The zero-order valence-corrected chi connectivity index (χ0v) is 12.6. The molecule has 1 saturated carbocycles. The van der Waals surface area contributed by atoms with Crippen molar-refractivity contribution in [1.82, 2.24) is 10.3 Å². The van der Waals surface area contributed by atoms with Gasteiger partial charge in [-0.15, -0.1) is 0 Å². The number of amides is 1. The summed E-state index contributed by atoms with van der Waals surface area (Å²) in [6.45, 7) is 0. The van der Waals surface area contributed by atoms with Gasteiger partial charge in [0.05, 0.1) is 18.7 Å². The van der Waals surface area contributed by atoms with Gasteiger partial charge >= 0.3 is 0 Å². The zero-order valence-electron chi connectivity index (χ0n) is 12.6. The van der Waals surface area contributed by atoms with Crippen LogP contribution in [0.15, 0.2) is 30.3 Å². The van der Waals surface area contributed by atoms with Crippen molar-refractivity contribution in [3.63, 3.8) is 0 Å². The summed E-state index contributed by atoms with van der Waals surface area (Å²) in [7, 11) is 1.62. The molecule has 0 unspecified atom stereocenters. The standard InChI is InChI=1S/C17H20N2O3/c1-22-14-7-9-15-11(10-14)2-8-16(19-15)17(21)18-12-3-5-13(20)6-4-12/h2,7-10,12-13,20H,3-6H2,1H3,(H,18,21). The van der Waals surface area contributed by atoms with Gasteiger partial charge in [-0.1, -0.05) is 6.07 Å². The third kappa shape index (κ3) is 3.20. The number of aliphatic hydroxyl groups excluding tert-OH is 1. The molecule has 1 amide bonds. The predicted octanol–water partition coefficient (Wildman–Crippen LogP) is 2.28. The Labute approximate surface area is 129 Å². The summed E-state index contributed by atoms with van der Waals surface area (Å²) in [4.78, 5) is 16.7. The second kappa shape index (κ2) is 6.32.